The van der Waals surface area contributed by atoms with Gasteiger partial charge < -0.3 is 9.84 Å². The number of hydrogen-bond acceptors (Lipinski definition) is 3. The minimum atomic E-state index is -1.02. The molecule has 98 valence electrons. The molecule has 5 heteroatoms. The number of aromatic carboxylic acids is 1. The number of carbonyl (C=O) groups is 1. The molecule has 1 aliphatic rings. The molecule has 0 bridgehead atoms. The number of para-hydroxylation sites is 1. The maximum absolute atomic E-state index is 11.0. The number of benzene rings is 1. The van der Waals surface area contributed by atoms with Gasteiger partial charge in [0.2, 0.25) is 0 Å². The van der Waals surface area contributed by atoms with E-state index in [9.17, 15) is 4.79 Å². The number of hydrogen-bond donors (Lipinski definition) is 1. The topological polar surface area (TPSA) is 64.3 Å². The fourth-order valence-electron chi connectivity index (χ4n) is 2.46. The van der Waals surface area contributed by atoms with Crippen LogP contribution in [0.3, 0.4) is 0 Å². The number of aryl methyl sites for hydroxylation is 1. The van der Waals surface area contributed by atoms with E-state index >= 15 is 0 Å². The van der Waals surface area contributed by atoms with Crippen molar-refractivity contribution in [2.24, 2.45) is 7.05 Å². The van der Waals surface area contributed by atoms with Gasteiger partial charge in [-0.05, 0) is 24.6 Å². The van der Waals surface area contributed by atoms with Crippen LogP contribution in [-0.2, 0) is 13.5 Å². The van der Waals surface area contributed by atoms with E-state index in [0.717, 1.165) is 29.0 Å². The number of carboxylic acid groups (broad SMARTS) is 1. The van der Waals surface area contributed by atoms with Crippen molar-refractivity contribution in [1.82, 2.24) is 9.78 Å². The van der Waals surface area contributed by atoms with E-state index in [1.54, 1.807) is 17.8 Å². The standard InChI is InChI=1S/C14H14N2O3/c1-8-6-9-4-3-5-10(13(9)19-8)12-7-11(14(17)18)15-16(12)2/h3-5,7-8H,6H2,1-2H3,(H,17,18). The van der Waals surface area contributed by atoms with Crippen LogP contribution in [0, 0.1) is 0 Å². The Kier molecular flexibility index (Phi) is 2.55. The molecule has 3 rings (SSSR count). The van der Waals surface area contributed by atoms with Crippen molar-refractivity contribution in [3.05, 3.63) is 35.5 Å². The van der Waals surface area contributed by atoms with Crippen LogP contribution in [0.25, 0.3) is 11.3 Å². The highest BCUT2D eigenvalue weighted by atomic mass is 16.5. The van der Waals surface area contributed by atoms with Crippen molar-refractivity contribution in [2.75, 3.05) is 0 Å². The Balaban J connectivity index is 2.14. The molecule has 0 aliphatic carbocycles. The monoisotopic (exact) mass is 258 g/mol. The summed E-state index contributed by atoms with van der Waals surface area (Å²) in [6.07, 6.45) is 1.04. The molecule has 1 aromatic carbocycles. The number of carboxylic acids is 1. The summed E-state index contributed by atoms with van der Waals surface area (Å²) < 4.78 is 7.40. The zero-order valence-electron chi connectivity index (χ0n) is 10.8. The minimum absolute atomic E-state index is 0.0427. The molecule has 1 atom stereocenters. The lowest BCUT2D eigenvalue weighted by atomic mass is 10.0. The van der Waals surface area contributed by atoms with Crippen molar-refractivity contribution in [3.8, 4) is 17.0 Å². The quantitative estimate of drug-likeness (QED) is 0.896. The summed E-state index contributed by atoms with van der Waals surface area (Å²) >= 11 is 0. The predicted octanol–water partition coefficient (Wildman–Crippen LogP) is 2.11. The molecular formula is C14H14N2O3. The van der Waals surface area contributed by atoms with E-state index in [2.05, 4.69) is 5.10 Å². The van der Waals surface area contributed by atoms with Crippen LogP contribution >= 0.6 is 0 Å². The van der Waals surface area contributed by atoms with Gasteiger partial charge in [0.25, 0.3) is 0 Å². The van der Waals surface area contributed by atoms with Crippen LogP contribution in [0.2, 0.25) is 0 Å². The van der Waals surface area contributed by atoms with E-state index in [1.165, 1.54) is 0 Å². The Bertz CT molecular complexity index is 661. The number of ether oxygens (including phenoxy) is 1. The second kappa shape index (κ2) is 4.12. The molecule has 0 saturated heterocycles. The third-order valence-electron chi connectivity index (χ3n) is 3.30. The van der Waals surface area contributed by atoms with E-state index in [-0.39, 0.29) is 11.8 Å². The fraction of sp³-hybridized carbons (Fsp3) is 0.286. The van der Waals surface area contributed by atoms with Gasteiger partial charge in [-0.3, -0.25) is 4.68 Å². The molecule has 0 spiro atoms. The van der Waals surface area contributed by atoms with Gasteiger partial charge in [0.15, 0.2) is 5.69 Å². The zero-order valence-corrected chi connectivity index (χ0v) is 10.8. The molecule has 0 fully saturated rings. The molecule has 1 unspecified atom stereocenters. The van der Waals surface area contributed by atoms with Crippen molar-refractivity contribution in [1.29, 1.82) is 0 Å². The molecule has 2 heterocycles. The van der Waals surface area contributed by atoms with Crippen molar-refractivity contribution < 1.29 is 14.6 Å². The molecule has 1 N–H and O–H groups in total. The van der Waals surface area contributed by atoms with Gasteiger partial charge in [0, 0.05) is 19.0 Å². The molecule has 1 aromatic heterocycles. The lowest BCUT2D eigenvalue weighted by molar-refractivity contribution is 0.0689. The lowest BCUT2D eigenvalue weighted by Gasteiger charge is -2.09. The van der Waals surface area contributed by atoms with E-state index < -0.39 is 5.97 Å². The van der Waals surface area contributed by atoms with E-state index in [0.29, 0.717) is 0 Å². The van der Waals surface area contributed by atoms with Crippen molar-refractivity contribution >= 4 is 5.97 Å². The van der Waals surface area contributed by atoms with Gasteiger partial charge in [-0.1, -0.05) is 12.1 Å². The van der Waals surface area contributed by atoms with Crippen LogP contribution in [0.1, 0.15) is 23.0 Å². The maximum atomic E-state index is 11.0. The van der Waals surface area contributed by atoms with Crippen LogP contribution in [-0.4, -0.2) is 27.0 Å². The van der Waals surface area contributed by atoms with Gasteiger partial charge in [-0.2, -0.15) is 5.10 Å². The molecule has 0 saturated carbocycles. The second-order valence-electron chi connectivity index (χ2n) is 4.77. The number of rotatable bonds is 2. The third kappa shape index (κ3) is 1.87. The van der Waals surface area contributed by atoms with Gasteiger partial charge in [0.1, 0.15) is 11.9 Å². The zero-order chi connectivity index (χ0) is 13.6. The Morgan fingerprint density at radius 2 is 2.32 bits per heavy atom. The molecule has 19 heavy (non-hydrogen) atoms. The first kappa shape index (κ1) is 11.8. The largest absolute Gasteiger partial charge is 0.489 e. The lowest BCUT2D eigenvalue weighted by Crippen LogP contribution is -2.05. The van der Waals surface area contributed by atoms with Crippen molar-refractivity contribution in [3.63, 3.8) is 0 Å². The molecule has 1 aliphatic heterocycles. The molecule has 2 aromatic rings. The summed E-state index contributed by atoms with van der Waals surface area (Å²) in [6.45, 7) is 2.02. The van der Waals surface area contributed by atoms with Crippen LogP contribution in [0.5, 0.6) is 5.75 Å². The Morgan fingerprint density at radius 1 is 1.53 bits per heavy atom. The maximum Gasteiger partial charge on any atom is 0.356 e. The highest BCUT2D eigenvalue weighted by molar-refractivity contribution is 5.87. The smallest absolute Gasteiger partial charge is 0.356 e. The first-order valence-electron chi connectivity index (χ1n) is 6.12. The Labute approximate surface area is 110 Å². The molecule has 0 amide bonds. The summed E-state index contributed by atoms with van der Waals surface area (Å²) in [4.78, 5) is 11.0. The van der Waals surface area contributed by atoms with E-state index in [1.807, 2.05) is 25.1 Å². The summed E-state index contributed by atoms with van der Waals surface area (Å²) in [7, 11) is 1.74. The fourth-order valence-corrected chi connectivity index (χ4v) is 2.46. The van der Waals surface area contributed by atoms with Crippen LogP contribution < -0.4 is 4.74 Å². The average molecular weight is 258 g/mol. The molecule has 0 radical (unpaired) electrons. The highest BCUT2D eigenvalue weighted by Crippen LogP contribution is 2.38. The normalized spacial score (nSPS) is 17.1. The van der Waals surface area contributed by atoms with Gasteiger partial charge >= 0.3 is 5.97 Å². The summed E-state index contributed by atoms with van der Waals surface area (Å²) in [5.41, 5.74) is 2.84. The SMILES string of the molecule is CC1Cc2cccc(-c3cc(C(=O)O)nn3C)c2O1. The van der Waals surface area contributed by atoms with Crippen LogP contribution in [0.4, 0.5) is 0 Å². The molecule has 5 nitrogen and oxygen atoms in total. The number of fused-ring (bicyclic) bond motifs is 1. The van der Waals surface area contributed by atoms with Crippen molar-refractivity contribution in [2.45, 2.75) is 19.4 Å². The summed E-state index contributed by atoms with van der Waals surface area (Å²) in [5, 5.41) is 13.0. The summed E-state index contributed by atoms with van der Waals surface area (Å²) in [6, 6.07) is 7.50. The predicted molar refractivity (Wildman–Crippen MR) is 69.4 cm³/mol. The summed E-state index contributed by atoms with van der Waals surface area (Å²) in [5.74, 6) is -0.182. The minimum Gasteiger partial charge on any atom is -0.489 e. The third-order valence-corrected chi connectivity index (χ3v) is 3.30. The second-order valence-corrected chi connectivity index (χ2v) is 4.77. The van der Waals surface area contributed by atoms with Gasteiger partial charge in [-0.25, -0.2) is 4.79 Å². The number of nitrogens with zero attached hydrogens (tertiary/aromatic N) is 2. The first-order chi connectivity index (χ1) is 9.06. The van der Waals surface area contributed by atoms with Gasteiger partial charge in [-0.15, -0.1) is 0 Å². The van der Waals surface area contributed by atoms with Crippen LogP contribution in [0.15, 0.2) is 24.3 Å². The first-order valence-corrected chi connectivity index (χ1v) is 6.12. The Morgan fingerprint density at radius 3 is 3.00 bits per heavy atom. The Hall–Kier alpha value is -2.30. The highest BCUT2D eigenvalue weighted by Gasteiger charge is 2.24. The van der Waals surface area contributed by atoms with Gasteiger partial charge in [0.05, 0.1) is 5.69 Å². The average Bonchev–Trinajstić information content (AvgIpc) is 2.90. The number of aromatic nitrogens is 2. The molecular weight excluding hydrogens is 244 g/mol. The van der Waals surface area contributed by atoms with E-state index in [4.69, 9.17) is 9.84 Å².